The van der Waals surface area contributed by atoms with E-state index in [9.17, 15) is 9.18 Å². The van der Waals surface area contributed by atoms with E-state index in [0.717, 1.165) is 50.2 Å². The summed E-state index contributed by atoms with van der Waals surface area (Å²) in [4.78, 5) is 25.9. The van der Waals surface area contributed by atoms with Crippen LogP contribution in [0, 0.1) is 17.7 Å². The summed E-state index contributed by atoms with van der Waals surface area (Å²) >= 11 is 0. The Kier molecular flexibility index (Phi) is 10.9. The van der Waals surface area contributed by atoms with Crippen LogP contribution in [0.25, 0.3) is 22.4 Å². The molecule has 0 radical (unpaired) electrons. The van der Waals surface area contributed by atoms with Crippen LogP contribution in [-0.2, 0) is 13.5 Å². The number of rotatable bonds is 14. The Morgan fingerprint density at radius 1 is 0.905 bits per heavy atom. The van der Waals surface area contributed by atoms with Gasteiger partial charge >= 0.3 is 0 Å². The SMILES string of the molecule is CC(C)CCN(CCC(C)C)c1cc(-c2nc(NCCCc3ccccc3)n(C)c(=O)c2-c2ccc(F)cc2)ccn1. The first kappa shape index (κ1) is 30.9. The highest BCUT2D eigenvalue weighted by Crippen LogP contribution is 2.31. The first-order valence-corrected chi connectivity index (χ1v) is 15.1. The zero-order chi connectivity index (χ0) is 30.1. The second-order valence-corrected chi connectivity index (χ2v) is 11.8. The van der Waals surface area contributed by atoms with E-state index >= 15 is 0 Å². The minimum atomic E-state index is -0.348. The lowest BCUT2D eigenvalue weighted by molar-refractivity contribution is 0.533. The molecule has 2 aromatic carbocycles. The molecule has 2 heterocycles. The van der Waals surface area contributed by atoms with Gasteiger partial charge < -0.3 is 10.2 Å². The number of hydrogen-bond acceptors (Lipinski definition) is 5. The molecule has 0 fully saturated rings. The Hall–Kier alpha value is -4.00. The number of anilines is 2. The molecule has 0 saturated heterocycles. The molecule has 4 aromatic rings. The molecule has 42 heavy (non-hydrogen) atoms. The third kappa shape index (κ3) is 8.28. The average Bonchev–Trinajstić information content (AvgIpc) is 2.98. The summed E-state index contributed by atoms with van der Waals surface area (Å²) in [5.74, 6) is 2.18. The van der Waals surface area contributed by atoms with E-state index < -0.39 is 0 Å². The monoisotopic (exact) mass is 569 g/mol. The summed E-state index contributed by atoms with van der Waals surface area (Å²) in [6.45, 7) is 11.4. The molecule has 0 saturated carbocycles. The number of nitrogens with one attached hydrogen (secondary N) is 1. The maximum Gasteiger partial charge on any atom is 0.263 e. The van der Waals surface area contributed by atoms with Crippen molar-refractivity contribution < 1.29 is 4.39 Å². The smallest absolute Gasteiger partial charge is 0.263 e. The summed E-state index contributed by atoms with van der Waals surface area (Å²) in [5, 5.41) is 3.39. The number of aromatic nitrogens is 3. The van der Waals surface area contributed by atoms with Crippen LogP contribution in [0.5, 0.6) is 0 Å². The molecule has 222 valence electrons. The van der Waals surface area contributed by atoms with Crippen LogP contribution < -0.4 is 15.8 Å². The zero-order valence-corrected chi connectivity index (χ0v) is 25.6. The lowest BCUT2D eigenvalue weighted by Gasteiger charge is -2.26. The van der Waals surface area contributed by atoms with Crippen molar-refractivity contribution in [1.29, 1.82) is 0 Å². The second-order valence-electron chi connectivity index (χ2n) is 11.8. The largest absolute Gasteiger partial charge is 0.357 e. The van der Waals surface area contributed by atoms with Gasteiger partial charge in [0.1, 0.15) is 11.6 Å². The van der Waals surface area contributed by atoms with Crippen LogP contribution in [0.4, 0.5) is 16.2 Å². The molecule has 2 aromatic heterocycles. The van der Waals surface area contributed by atoms with E-state index in [0.29, 0.717) is 41.1 Å². The van der Waals surface area contributed by atoms with Crippen molar-refractivity contribution in [2.75, 3.05) is 29.9 Å². The van der Waals surface area contributed by atoms with Crippen LogP contribution in [0.15, 0.2) is 77.7 Å². The van der Waals surface area contributed by atoms with Gasteiger partial charge in [-0.25, -0.2) is 14.4 Å². The summed E-state index contributed by atoms with van der Waals surface area (Å²) in [6, 6.07) is 20.3. The molecule has 0 amide bonds. The molecule has 0 aliphatic rings. The number of benzene rings is 2. The van der Waals surface area contributed by atoms with E-state index in [-0.39, 0.29) is 11.4 Å². The summed E-state index contributed by atoms with van der Waals surface area (Å²) in [6.07, 6.45) is 5.74. The van der Waals surface area contributed by atoms with E-state index in [1.807, 2.05) is 30.3 Å². The summed E-state index contributed by atoms with van der Waals surface area (Å²) in [7, 11) is 1.73. The predicted octanol–water partition coefficient (Wildman–Crippen LogP) is 7.59. The van der Waals surface area contributed by atoms with Crippen molar-refractivity contribution in [3.05, 3.63) is 94.7 Å². The fraction of sp³-hybridized carbons (Fsp3) is 0.400. The molecule has 4 rings (SSSR count). The molecule has 0 aliphatic heterocycles. The number of hydrogen-bond donors (Lipinski definition) is 1. The molecule has 0 spiro atoms. The Morgan fingerprint density at radius 2 is 1.57 bits per heavy atom. The van der Waals surface area contributed by atoms with Gasteiger partial charge in [-0.05, 0) is 72.9 Å². The Labute approximate surface area is 249 Å². The minimum Gasteiger partial charge on any atom is -0.357 e. The van der Waals surface area contributed by atoms with E-state index in [1.165, 1.54) is 17.7 Å². The first-order valence-electron chi connectivity index (χ1n) is 15.1. The average molecular weight is 570 g/mol. The van der Waals surface area contributed by atoms with E-state index in [2.05, 4.69) is 50.0 Å². The van der Waals surface area contributed by atoms with E-state index in [4.69, 9.17) is 9.97 Å². The van der Waals surface area contributed by atoms with Gasteiger partial charge in [-0.3, -0.25) is 9.36 Å². The van der Waals surface area contributed by atoms with Crippen molar-refractivity contribution in [3.63, 3.8) is 0 Å². The van der Waals surface area contributed by atoms with Crippen LogP contribution in [0.3, 0.4) is 0 Å². The van der Waals surface area contributed by atoms with Crippen LogP contribution in [-0.4, -0.2) is 34.2 Å². The normalized spacial score (nSPS) is 11.3. The van der Waals surface area contributed by atoms with Crippen molar-refractivity contribution in [2.45, 2.75) is 53.4 Å². The topological polar surface area (TPSA) is 63.1 Å². The van der Waals surface area contributed by atoms with Crippen molar-refractivity contribution in [3.8, 4) is 22.4 Å². The van der Waals surface area contributed by atoms with Crippen molar-refractivity contribution >= 4 is 11.8 Å². The van der Waals surface area contributed by atoms with Gasteiger partial charge in [-0.15, -0.1) is 0 Å². The molecule has 0 atom stereocenters. The second kappa shape index (κ2) is 14.8. The standard InChI is InChI=1S/C35H44FN5O/c1-25(2)18-22-41(23-19-26(3)4)31-24-29(17-21-37-31)33-32(28-13-15-30(36)16-14-28)34(42)40(5)35(39-33)38-20-9-12-27-10-7-6-8-11-27/h6-8,10-11,13-17,21,24-26H,9,12,18-20,22-23H2,1-5H3,(H,38,39). The number of aryl methyl sites for hydroxylation is 1. The predicted molar refractivity (Wildman–Crippen MR) is 172 cm³/mol. The molecular weight excluding hydrogens is 525 g/mol. The molecule has 1 N–H and O–H groups in total. The van der Waals surface area contributed by atoms with Gasteiger partial charge in [0.25, 0.3) is 5.56 Å². The lowest BCUT2D eigenvalue weighted by Crippen LogP contribution is -2.28. The van der Waals surface area contributed by atoms with Gasteiger partial charge in [-0.1, -0.05) is 70.2 Å². The molecule has 0 unspecified atom stereocenters. The molecule has 0 bridgehead atoms. The van der Waals surface area contributed by atoms with E-state index in [1.54, 1.807) is 29.9 Å². The number of nitrogens with zero attached hydrogens (tertiary/aromatic N) is 4. The lowest BCUT2D eigenvalue weighted by atomic mass is 10.0. The molecule has 7 heteroatoms. The Bertz CT molecular complexity index is 1470. The fourth-order valence-electron chi connectivity index (χ4n) is 4.89. The van der Waals surface area contributed by atoms with Gasteiger partial charge in [0.15, 0.2) is 0 Å². The van der Waals surface area contributed by atoms with Crippen LogP contribution in [0.1, 0.15) is 52.5 Å². The first-order chi connectivity index (χ1) is 20.2. The van der Waals surface area contributed by atoms with Crippen molar-refractivity contribution in [2.24, 2.45) is 18.9 Å². The number of pyridine rings is 1. The van der Waals surface area contributed by atoms with Gasteiger partial charge in [-0.2, -0.15) is 0 Å². The quantitative estimate of drug-likeness (QED) is 0.159. The maximum atomic E-state index is 13.9. The van der Waals surface area contributed by atoms with Crippen LogP contribution >= 0.6 is 0 Å². The van der Waals surface area contributed by atoms with Gasteiger partial charge in [0.05, 0.1) is 11.3 Å². The highest BCUT2D eigenvalue weighted by Gasteiger charge is 2.20. The molecule has 6 nitrogen and oxygen atoms in total. The highest BCUT2D eigenvalue weighted by molar-refractivity contribution is 5.81. The zero-order valence-electron chi connectivity index (χ0n) is 25.6. The van der Waals surface area contributed by atoms with Crippen LogP contribution in [0.2, 0.25) is 0 Å². The van der Waals surface area contributed by atoms with Gasteiger partial charge in [0, 0.05) is 38.4 Å². The summed E-state index contributed by atoms with van der Waals surface area (Å²) in [5.41, 5.74) is 3.53. The number of halogens is 1. The Morgan fingerprint density at radius 3 is 2.21 bits per heavy atom. The third-order valence-electron chi connectivity index (χ3n) is 7.49. The minimum absolute atomic E-state index is 0.188. The third-order valence-corrected chi connectivity index (χ3v) is 7.49. The Balaban J connectivity index is 1.72. The maximum absolute atomic E-state index is 13.9. The van der Waals surface area contributed by atoms with Crippen molar-refractivity contribution in [1.82, 2.24) is 14.5 Å². The van der Waals surface area contributed by atoms with Gasteiger partial charge in [0.2, 0.25) is 5.95 Å². The fourth-order valence-corrected chi connectivity index (χ4v) is 4.89. The molecule has 0 aliphatic carbocycles. The molecular formula is C35H44FN5O. The highest BCUT2D eigenvalue weighted by atomic mass is 19.1. The summed E-state index contributed by atoms with van der Waals surface area (Å²) < 4.78 is 15.4.